The molecular weight excluding hydrogens is 216 g/mol. The highest BCUT2D eigenvalue weighted by Gasteiger charge is 2.07. The molecule has 0 spiro atoms. The Labute approximate surface area is 102 Å². The number of aromatic nitrogens is 1. The van der Waals surface area contributed by atoms with Crippen LogP contribution in [0.1, 0.15) is 30.9 Å². The number of nitrogens with two attached hydrogens (primary N) is 1. The maximum Gasteiger partial charge on any atom is 0.188 e. The number of aryl methyl sites for hydroxylation is 2. The van der Waals surface area contributed by atoms with Gasteiger partial charge < -0.3 is 15.6 Å². The molecule has 0 unspecified atom stereocenters. The predicted octanol–water partition coefficient (Wildman–Crippen LogP) is 1.39. The van der Waals surface area contributed by atoms with Crippen molar-refractivity contribution in [1.29, 1.82) is 0 Å². The Morgan fingerprint density at radius 3 is 2.71 bits per heavy atom. The van der Waals surface area contributed by atoms with Gasteiger partial charge in [0.25, 0.3) is 0 Å². The third kappa shape index (κ3) is 4.46. The van der Waals surface area contributed by atoms with E-state index in [1.807, 2.05) is 13.8 Å². The minimum absolute atomic E-state index is 0.505. The SMILES string of the molecule is Cc1noc(C)c1CCNC(N)=NCC(C)C. The maximum atomic E-state index is 5.74. The Kier molecular flexibility index (Phi) is 5.00. The number of nitrogens with zero attached hydrogens (tertiary/aromatic N) is 2. The van der Waals surface area contributed by atoms with Crippen LogP contribution in [-0.2, 0) is 6.42 Å². The highest BCUT2D eigenvalue weighted by molar-refractivity contribution is 5.77. The van der Waals surface area contributed by atoms with E-state index < -0.39 is 0 Å². The first-order valence-electron chi connectivity index (χ1n) is 5.96. The molecule has 0 saturated carbocycles. The number of rotatable bonds is 5. The lowest BCUT2D eigenvalue weighted by Gasteiger charge is -2.06. The molecule has 5 heteroatoms. The highest BCUT2D eigenvalue weighted by atomic mass is 16.5. The van der Waals surface area contributed by atoms with Gasteiger partial charge in [0.2, 0.25) is 0 Å². The fourth-order valence-electron chi connectivity index (χ4n) is 1.51. The summed E-state index contributed by atoms with van der Waals surface area (Å²) in [6.07, 6.45) is 0.846. The molecule has 1 aromatic rings. The van der Waals surface area contributed by atoms with Gasteiger partial charge in [-0.1, -0.05) is 19.0 Å². The van der Waals surface area contributed by atoms with Gasteiger partial charge in [0.15, 0.2) is 5.96 Å². The first-order chi connectivity index (χ1) is 8.00. The Balaban J connectivity index is 2.35. The van der Waals surface area contributed by atoms with Crippen LogP contribution in [-0.4, -0.2) is 24.2 Å². The summed E-state index contributed by atoms with van der Waals surface area (Å²) in [6.45, 7) is 9.59. The molecule has 0 radical (unpaired) electrons. The molecule has 3 N–H and O–H groups in total. The molecule has 0 aromatic carbocycles. The number of hydrogen-bond acceptors (Lipinski definition) is 3. The van der Waals surface area contributed by atoms with Crippen LogP contribution >= 0.6 is 0 Å². The topological polar surface area (TPSA) is 76.4 Å². The molecule has 96 valence electrons. The standard InChI is InChI=1S/C12H22N4O/c1-8(2)7-15-12(13)14-6-5-11-9(3)16-17-10(11)4/h8H,5-7H2,1-4H3,(H3,13,14,15). The molecular formula is C12H22N4O. The van der Waals surface area contributed by atoms with Crippen molar-refractivity contribution in [2.75, 3.05) is 13.1 Å². The largest absolute Gasteiger partial charge is 0.370 e. The van der Waals surface area contributed by atoms with Crippen LogP contribution in [0, 0.1) is 19.8 Å². The highest BCUT2D eigenvalue weighted by Crippen LogP contribution is 2.11. The summed E-state index contributed by atoms with van der Waals surface area (Å²) in [5, 5.41) is 7.00. The van der Waals surface area contributed by atoms with Crippen molar-refractivity contribution in [3.8, 4) is 0 Å². The zero-order valence-electron chi connectivity index (χ0n) is 11.1. The monoisotopic (exact) mass is 238 g/mol. The molecule has 0 aliphatic carbocycles. The summed E-state index contributed by atoms with van der Waals surface area (Å²) in [6, 6.07) is 0. The third-order valence-electron chi connectivity index (χ3n) is 2.49. The lowest BCUT2D eigenvalue weighted by atomic mass is 10.1. The van der Waals surface area contributed by atoms with E-state index in [1.54, 1.807) is 0 Å². The van der Waals surface area contributed by atoms with Crippen molar-refractivity contribution in [1.82, 2.24) is 10.5 Å². The van der Waals surface area contributed by atoms with E-state index in [9.17, 15) is 0 Å². The van der Waals surface area contributed by atoms with E-state index in [0.29, 0.717) is 11.9 Å². The summed E-state index contributed by atoms with van der Waals surface area (Å²) in [7, 11) is 0. The van der Waals surface area contributed by atoms with Crippen LogP contribution in [0.2, 0.25) is 0 Å². The smallest absolute Gasteiger partial charge is 0.188 e. The molecule has 0 amide bonds. The van der Waals surface area contributed by atoms with Crippen molar-refractivity contribution in [2.45, 2.75) is 34.1 Å². The first kappa shape index (κ1) is 13.5. The average Bonchev–Trinajstić information content (AvgIpc) is 2.57. The third-order valence-corrected chi connectivity index (χ3v) is 2.49. The maximum absolute atomic E-state index is 5.74. The van der Waals surface area contributed by atoms with Crippen molar-refractivity contribution in [2.24, 2.45) is 16.6 Å². The molecule has 0 aliphatic rings. The number of aliphatic imine (C=N–C) groups is 1. The molecule has 1 rings (SSSR count). The second-order valence-electron chi connectivity index (χ2n) is 4.60. The molecule has 0 fully saturated rings. The Bertz CT molecular complexity index is 362. The van der Waals surface area contributed by atoms with Gasteiger partial charge in [0, 0.05) is 18.7 Å². The lowest BCUT2D eigenvalue weighted by Crippen LogP contribution is -2.33. The second-order valence-corrected chi connectivity index (χ2v) is 4.60. The molecule has 17 heavy (non-hydrogen) atoms. The van der Waals surface area contributed by atoms with E-state index in [4.69, 9.17) is 10.3 Å². The fourth-order valence-corrected chi connectivity index (χ4v) is 1.51. The van der Waals surface area contributed by atoms with Gasteiger partial charge in [0.05, 0.1) is 5.69 Å². The van der Waals surface area contributed by atoms with Gasteiger partial charge in [-0.15, -0.1) is 0 Å². The van der Waals surface area contributed by atoms with Gasteiger partial charge in [0.1, 0.15) is 5.76 Å². The van der Waals surface area contributed by atoms with Gasteiger partial charge in [-0.2, -0.15) is 0 Å². The summed E-state index contributed by atoms with van der Waals surface area (Å²) in [4.78, 5) is 4.23. The van der Waals surface area contributed by atoms with Crippen LogP contribution in [0.15, 0.2) is 9.52 Å². The van der Waals surface area contributed by atoms with Crippen molar-refractivity contribution < 1.29 is 4.52 Å². The number of guanidine groups is 1. The van der Waals surface area contributed by atoms with E-state index in [0.717, 1.165) is 36.5 Å². The zero-order chi connectivity index (χ0) is 12.8. The number of hydrogen-bond donors (Lipinski definition) is 2. The summed E-state index contributed by atoms with van der Waals surface area (Å²) in [5.41, 5.74) is 7.83. The van der Waals surface area contributed by atoms with Crippen molar-refractivity contribution in [3.05, 3.63) is 17.0 Å². The molecule has 5 nitrogen and oxygen atoms in total. The van der Waals surface area contributed by atoms with Gasteiger partial charge in [-0.25, -0.2) is 0 Å². The quantitative estimate of drug-likeness (QED) is 0.600. The fraction of sp³-hybridized carbons (Fsp3) is 0.667. The van der Waals surface area contributed by atoms with Crippen LogP contribution in [0.25, 0.3) is 0 Å². The van der Waals surface area contributed by atoms with E-state index in [1.165, 1.54) is 0 Å². The Morgan fingerprint density at radius 2 is 2.18 bits per heavy atom. The average molecular weight is 238 g/mol. The van der Waals surface area contributed by atoms with Crippen LogP contribution < -0.4 is 11.1 Å². The number of nitrogens with one attached hydrogen (secondary N) is 1. The minimum Gasteiger partial charge on any atom is -0.370 e. The van der Waals surface area contributed by atoms with E-state index in [-0.39, 0.29) is 0 Å². The minimum atomic E-state index is 0.505. The molecule has 1 aromatic heterocycles. The Hall–Kier alpha value is -1.52. The molecule has 0 atom stereocenters. The second kappa shape index (κ2) is 6.27. The summed E-state index contributed by atoms with van der Waals surface area (Å²) >= 11 is 0. The zero-order valence-corrected chi connectivity index (χ0v) is 11.1. The van der Waals surface area contributed by atoms with Crippen LogP contribution in [0.3, 0.4) is 0 Å². The summed E-state index contributed by atoms with van der Waals surface area (Å²) < 4.78 is 5.09. The molecule has 0 aliphatic heterocycles. The van der Waals surface area contributed by atoms with Crippen LogP contribution in [0.5, 0.6) is 0 Å². The molecule has 0 bridgehead atoms. The Morgan fingerprint density at radius 1 is 1.47 bits per heavy atom. The van der Waals surface area contributed by atoms with Gasteiger partial charge >= 0.3 is 0 Å². The van der Waals surface area contributed by atoms with E-state index in [2.05, 4.69) is 29.3 Å². The van der Waals surface area contributed by atoms with Crippen LogP contribution in [0.4, 0.5) is 0 Å². The van der Waals surface area contributed by atoms with Gasteiger partial charge in [-0.3, -0.25) is 4.99 Å². The normalized spacial score (nSPS) is 12.2. The van der Waals surface area contributed by atoms with E-state index >= 15 is 0 Å². The predicted molar refractivity (Wildman–Crippen MR) is 69.0 cm³/mol. The summed E-state index contributed by atoms with van der Waals surface area (Å²) in [5.74, 6) is 1.91. The lowest BCUT2D eigenvalue weighted by molar-refractivity contribution is 0.392. The van der Waals surface area contributed by atoms with Crippen molar-refractivity contribution >= 4 is 5.96 Å². The molecule has 1 heterocycles. The van der Waals surface area contributed by atoms with Crippen molar-refractivity contribution in [3.63, 3.8) is 0 Å². The molecule has 0 saturated heterocycles. The van der Waals surface area contributed by atoms with Gasteiger partial charge in [-0.05, 0) is 26.2 Å². The first-order valence-corrected chi connectivity index (χ1v) is 5.96.